The number of carbonyl (C=O) groups excluding carboxylic acids is 1. The van der Waals surface area contributed by atoms with Gasteiger partial charge >= 0.3 is 0 Å². The van der Waals surface area contributed by atoms with Gasteiger partial charge in [0.25, 0.3) is 0 Å². The number of fused-ring (bicyclic) bond motifs is 1. The van der Waals surface area contributed by atoms with E-state index in [1.165, 1.54) is 0 Å². The molecule has 146 valence electrons. The van der Waals surface area contributed by atoms with E-state index in [9.17, 15) is 10.1 Å². The first-order valence-corrected chi connectivity index (χ1v) is 9.66. The van der Waals surface area contributed by atoms with Gasteiger partial charge in [0.05, 0.1) is 12.5 Å². The van der Waals surface area contributed by atoms with Gasteiger partial charge in [0.15, 0.2) is 0 Å². The molecule has 1 aliphatic heterocycles. The molecule has 0 bridgehead atoms. The first-order valence-electron chi connectivity index (χ1n) is 9.66. The normalized spacial score (nSPS) is 15.4. The van der Waals surface area contributed by atoms with Gasteiger partial charge in [-0.1, -0.05) is 18.2 Å². The minimum Gasteiger partial charge on any atom is -0.489 e. The largest absolute Gasteiger partial charge is 0.489 e. The summed E-state index contributed by atoms with van der Waals surface area (Å²) in [6.45, 7) is 3.67. The zero-order valence-corrected chi connectivity index (χ0v) is 16.3. The molecule has 0 aliphatic carbocycles. The molecule has 6 heteroatoms. The first-order chi connectivity index (χ1) is 14.2. The monoisotopic (exact) mass is 386 g/mol. The highest BCUT2D eigenvalue weighted by Gasteiger charge is 2.29. The maximum Gasteiger partial charge on any atom is 0.227 e. The summed E-state index contributed by atoms with van der Waals surface area (Å²) in [6, 6.07) is 17.4. The number of nitrogens with zero attached hydrogens (tertiary/aromatic N) is 4. The Morgan fingerprint density at radius 2 is 1.97 bits per heavy atom. The predicted molar refractivity (Wildman–Crippen MR) is 108 cm³/mol. The van der Waals surface area contributed by atoms with Gasteiger partial charge in [-0.05, 0) is 42.8 Å². The van der Waals surface area contributed by atoms with Gasteiger partial charge in [-0.3, -0.25) is 9.78 Å². The quantitative estimate of drug-likeness (QED) is 0.673. The van der Waals surface area contributed by atoms with Crippen LogP contribution in [0.5, 0.6) is 5.75 Å². The second kappa shape index (κ2) is 8.19. The summed E-state index contributed by atoms with van der Waals surface area (Å²) >= 11 is 0. The zero-order chi connectivity index (χ0) is 20.2. The van der Waals surface area contributed by atoms with Crippen LogP contribution in [0.4, 0.5) is 0 Å². The van der Waals surface area contributed by atoms with Crippen molar-refractivity contribution in [2.75, 3.05) is 6.54 Å². The fourth-order valence-electron chi connectivity index (χ4n) is 3.79. The Kier molecular flexibility index (Phi) is 5.30. The van der Waals surface area contributed by atoms with E-state index in [4.69, 9.17) is 4.74 Å². The molecule has 0 saturated carbocycles. The van der Waals surface area contributed by atoms with Crippen LogP contribution in [0.25, 0.3) is 0 Å². The van der Waals surface area contributed by atoms with Crippen LogP contribution in [0.2, 0.25) is 0 Å². The number of nitriles is 1. The van der Waals surface area contributed by atoms with Crippen molar-refractivity contribution in [2.45, 2.75) is 32.5 Å². The van der Waals surface area contributed by atoms with Gasteiger partial charge in [0.2, 0.25) is 5.91 Å². The van der Waals surface area contributed by atoms with E-state index < -0.39 is 0 Å². The summed E-state index contributed by atoms with van der Waals surface area (Å²) in [5.74, 6) is 0.779. The molecule has 0 spiro atoms. The molecule has 3 heterocycles. The molecule has 1 unspecified atom stereocenters. The van der Waals surface area contributed by atoms with Gasteiger partial charge in [0.1, 0.15) is 24.1 Å². The Morgan fingerprint density at radius 3 is 2.76 bits per heavy atom. The average Bonchev–Trinajstić information content (AvgIpc) is 3.18. The third-order valence-corrected chi connectivity index (χ3v) is 5.37. The molecule has 0 saturated heterocycles. The fourth-order valence-corrected chi connectivity index (χ4v) is 3.79. The number of aromatic nitrogens is 2. The lowest BCUT2D eigenvalue weighted by atomic mass is 10.1. The van der Waals surface area contributed by atoms with Crippen molar-refractivity contribution in [1.29, 1.82) is 5.26 Å². The van der Waals surface area contributed by atoms with Crippen molar-refractivity contribution in [2.24, 2.45) is 0 Å². The Bertz CT molecular complexity index is 1050. The minimum absolute atomic E-state index is 0.0587. The first kappa shape index (κ1) is 18.8. The number of hydrogen-bond donors (Lipinski definition) is 0. The highest BCUT2D eigenvalue weighted by Crippen LogP contribution is 2.29. The van der Waals surface area contributed by atoms with Crippen molar-refractivity contribution in [3.05, 3.63) is 83.4 Å². The molecule has 0 fully saturated rings. The third kappa shape index (κ3) is 3.85. The van der Waals surface area contributed by atoms with Crippen LogP contribution in [-0.2, 0) is 24.4 Å². The van der Waals surface area contributed by atoms with Gasteiger partial charge in [-0.2, -0.15) is 5.26 Å². The molecule has 29 heavy (non-hydrogen) atoms. The van der Waals surface area contributed by atoms with Crippen molar-refractivity contribution in [3.8, 4) is 11.8 Å². The summed E-state index contributed by atoms with van der Waals surface area (Å²) in [5.41, 5.74) is 3.55. The van der Waals surface area contributed by atoms with Crippen molar-refractivity contribution >= 4 is 5.91 Å². The number of benzene rings is 1. The van der Waals surface area contributed by atoms with E-state index >= 15 is 0 Å². The van der Waals surface area contributed by atoms with E-state index in [0.29, 0.717) is 25.4 Å². The molecule has 1 aliphatic rings. The fraction of sp³-hybridized carbons (Fsp3) is 0.261. The van der Waals surface area contributed by atoms with Crippen molar-refractivity contribution in [1.82, 2.24) is 14.5 Å². The zero-order valence-electron chi connectivity index (χ0n) is 16.3. The Morgan fingerprint density at radius 1 is 1.17 bits per heavy atom. The topological polar surface area (TPSA) is 71.2 Å². The lowest BCUT2D eigenvalue weighted by molar-refractivity contribution is -0.133. The molecular formula is C23H22N4O2. The summed E-state index contributed by atoms with van der Waals surface area (Å²) in [5, 5.41) is 9.23. The number of rotatable bonds is 5. The van der Waals surface area contributed by atoms with Gasteiger partial charge in [-0.25, -0.2) is 0 Å². The molecule has 1 amide bonds. The molecule has 4 rings (SSSR count). The van der Waals surface area contributed by atoms with E-state index in [1.807, 2.05) is 64.9 Å². The van der Waals surface area contributed by atoms with E-state index in [2.05, 4.69) is 11.1 Å². The molecule has 3 aromatic rings. The van der Waals surface area contributed by atoms with Crippen LogP contribution in [-0.4, -0.2) is 26.9 Å². The lowest BCUT2D eigenvalue weighted by Gasteiger charge is -2.35. The van der Waals surface area contributed by atoms with Gasteiger partial charge in [-0.15, -0.1) is 0 Å². The third-order valence-electron chi connectivity index (χ3n) is 5.37. The van der Waals surface area contributed by atoms with Crippen LogP contribution in [0, 0.1) is 11.3 Å². The number of pyridine rings is 1. The highest BCUT2D eigenvalue weighted by molar-refractivity contribution is 5.80. The maximum atomic E-state index is 13.1. The van der Waals surface area contributed by atoms with Crippen molar-refractivity contribution in [3.63, 3.8) is 0 Å². The predicted octanol–water partition coefficient (Wildman–Crippen LogP) is 3.48. The van der Waals surface area contributed by atoms with Crippen LogP contribution >= 0.6 is 0 Å². The van der Waals surface area contributed by atoms with Crippen LogP contribution in [0.1, 0.15) is 35.5 Å². The van der Waals surface area contributed by atoms with Crippen molar-refractivity contribution < 1.29 is 9.53 Å². The van der Waals surface area contributed by atoms with E-state index in [0.717, 1.165) is 22.6 Å². The van der Waals surface area contributed by atoms with Crippen LogP contribution < -0.4 is 4.74 Å². The molecule has 0 N–H and O–H groups in total. The minimum atomic E-state index is -0.0664. The molecule has 0 radical (unpaired) electrons. The second-order valence-electron chi connectivity index (χ2n) is 7.10. The average molecular weight is 386 g/mol. The Balaban J connectivity index is 1.47. The number of ether oxygens (including phenoxy) is 1. The summed E-state index contributed by atoms with van der Waals surface area (Å²) in [7, 11) is 0. The van der Waals surface area contributed by atoms with E-state index in [1.54, 1.807) is 12.4 Å². The molecule has 6 nitrogen and oxygen atoms in total. The van der Waals surface area contributed by atoms with Gasteiger partial charge < -0.3 is 14.2 Å². The Labute approximate surface area is 170 Å². The smallest absolute Gasteiger partial charge is 0.227 e. The molecule has 1 atom stereocenters. The number of para-hydroxylation sites is 1. The van der Waals surface area contributed by atoms with Gasteiger partial charge in [0, 0.05) is 36.7 Å². The van der Waals surface area contributed by atoms with Crippen LogP contribution in [0.15, 0.2) is 60.9 Å². The highest BCUT2D eigenvalue weighted by atomic mass is 16.5. The summed E-state index contributed by atoms with van der Waals surface area (Å²) in [6.07, 6.45) is 3.75. The van der Waals surface area contributed by atoms with Crippen LogP contribution in [0.3, 0.4) is 0 Å². The number of hydrogen-bond acceptors (Lipinski definition) is 4. The lowest BCUT2D eigenvalue weighted by Crippen LogP contribution is -2.41. The standard InChI is InChI=1S/C23H22N4O2/c1-17-21-7-6-20(15-24)27(21)13-12-26(17)23(28)14-19-4-2-3-5-22(19)29-16-18-8-10-25-11-9-18/h2-11,17H,12-14,16H2,1H3. The Hall–Kier alpha value is -3.59. The maximum absolute atomic E-state index is 13.1. The molecule has 2 aromatic heterocycles. The van der Waals surface area contributed by atoms with E-state index in [-0.39, 0.29) is 18.4 Å². The SMILES string of the molecule is CC1c2ccc(C#N)n2CCN1C(=O)Cc1ccccc1OCc1ccncc1. The number of carbonyl (C=O) groups is 1. The number of amides is 1. The second-order valence-corrected chi connectivity index (χ2v) is 7.10. The summed E-state index contributed by atoms with van der Waals surface area (Å²) < 4.78 is 7.97. The molecule has 1 aromatic carbocycles. The summed E-state index contributed by atoms with van der Waals surface area (Å²) in [4.78, 5) is 19.0. The molecular weight excluding hydrogens is 364 g/mol.